The zero-order chi connectivity index (χ0) is 22.9. The number of carbonyl (C=O) groups is 1. The third-order valence-corrected chi connectivity index (χ3v) is 6.19. The number of benzene rings is 3. The molecule has 1 amide bonds. The fourth-order valence-corrected chi connectivity index (χ4v) is 4.54. The fraction of sp³-hybridized carbons (Fsp3) is 0.276. The summed E-state index contributed by atoms with van der Waals surface area (Å²) in [5.41, 5.74) is 5.05. The van der Waals surface area contributed by atoms with Gasteiger partial charge in [0.05, 0.1) is 6.54 Å². The highest BCUT2D eigenvalue weighted by Crippen LogP contribution is 2.29. The number of amides is 1. The van der Waals surface area contributed by atoms with Crippen LogP contribution in [-0.4, -0.2) is 37.0 Å². The third kappa shape index (κ3) is 6.11. The van der Waals surface area contributed by atoms with Gasteiger partial charge in [-0.05, 0) is 35.6 Å². The molecule has 0 saturated heterocycles. The van der Waals surface area contributed by atoms with E-state index in [2.05, 4.69) is 71.4 Å². The van der Waals surface area contributed by atoms with Crippen LogP contribution in [0.25, 0.3) is 0 Å². The van der Waals surface area contributed by atoms with Gasteiger partial charge >= 0.3 is 0 Å². The molecule has 3 aromatic rings. The Bertz CT molecular complexity index is 1010. The summed E-state index contributed by atoms with van der Waals surface area (Å²) >= 11 is 0. The van der Waals surface area contributed by atoms with Crippen molar-refractivity contribution in [1.29, 1.82) is 0 Å². The van der Waals surface area contributed by atoms with Crippen LogP contribution in [0, 0.1) is 0 Å². The number of ether oxygens (including phenoxy) is 1. The molecule has 0 atom stereocenters. The second kappa shape index (κ2) is 11.5. The lowest BCUT2D eigenvalue weighted by Gasteiger charge is -2.29. The lowest BCUT2D eigenvalue weighted by molar-refractivity contribution is -0.122. The summed E-state index contributed by atoms with van der Waals surface area (Å²) in [5.74, 6) is 1.23. The second-order valence-corrected chi connectivity index (χ2v) is 8.47. The van der Waals surface area contributed by atoms with Gasteiger partial charge in [-0.1, -0.05) is 85.5 Å². The van der Waals surface area contributed by atoms with Gasteiger partial charge in [0, 0.05) is 31.1 Å². The first-order valence-electron chi connectivity index (χ1n) is 11.7. The van der Waals surface area contributed by atoms with Crippen molar-refractivity contribution in [2.75, 3.05) is 26.2 Å². The van der Waals surface area contributed by atoms with Crippen LogP contribution >= 0.6 is 0 Å². The molecular weight excluding hydrogens is 408 g/mol. The van der Waals surface area contributed by atoms with Crippen LogP contribution in [-0.2, 0) is 17.8 Å². The SMILES string of the molecule is C=CCOc1cccc2c1CN(CC(=O)NCCC(c1ccccc1)c1ccccc1)CC2. The predicted molar refractivity (Wildman–Crippen MR) is 133 cm³/mol. The largest absolute Gasteiger partial charge is 0.489 e. The number of nitrogens with zero attached hydrogens (tertiary/aromatic N) is 1. The van der Waals surface area contributed by atoms with Gasteiger partial charge in [-0.15, -0.1) is 0 Å². The molecule has 4 heteroatoms. The topological polar surface area (TPSA) is 41.6 Å². The molecule has 33 heavy (non-hydrogen) atoms. The van der Waals surface area contributed by atoms with E-state index in [1.807, 2.05) is 24.3 Å². The Labute approximate surface area is 196 Å². The van der Waals surface area contributed by atoms with Crippen molar-refractivity contribution in [3.63, 3.8) is 0 Å². The summed E-state index contributed by atoms with van der Waals surface area (Å²) in [6, 6.07) is 27.2. The Kier molecular flexibility index (Phi) is 7.94. The average molecular weight is 441 g/mol. The minimum absolute atomic E-state index is 0.0721. The van der Waals surface area contributed by atoms with Gasteiger partial charge in [-0.3, -0.25) is 9.69 Å². The van der Waals surface area contributed by atoms with Crippen molar-refractivity contribution < 1.29 is 9.53 Å². The van der Waals surface area contributed by atoms with E-state index in [1.165, 1.54) is 22.3 Å². The molecule has 1 heterocycles. The molecule has 4 rings (SSSR count). The lowest BCUT2D eigenvalue weighted by Crippen LogP contribution is -2.40. The third-order valence-electron chi connectivity index (χ3n) is 6.19. The molecule has 0 spiro atoms. The maximum absolute atomic E-state index is 12.7. The van der Waals surface area contributed by atoms with Crippen LogP contribution in [0.2, 0.25) is 0 Å². The molecule has 0 unspecified atom stereocenters. The monoisotopic (exact) mass is 440 g/mol. The van der Waals surface area contributed by atoms with Crippen molar-refractivity contribution in [3.8, 4) is 5.75 Å². The van der Waals surface area contributed by atoms with Gasteiger partial charge < -0.3 is 10.1 Å². The minimum atomic E-state index is 0.0721. The van der Waals surface area contributed by atoms with E-state index in [9.17, 15) is 4.79 Å². The van der Waals surface area contributed by atoms with Crippen LogP contribution in [0.1, 0.15) is 34.6 Å². The lowest BCUT2D eigenvalue weighted by atomic mass is 9.88. The molecule has 0 aromatic heterocycles. The summed E-state index contributed by atoms with van der Waals surface area (Å²) in [4.78, 5) is 14.9. The first kappa shape index (κ1) is 22.8. The molecule has 0 radical (unpaired) electrons. The molecule has 4 nitrogen and oxygen atoms in total. The first-order chi connectivity index (χ1) is 16.2. The zero-order valence-corrected chi connectivity index (χ0v) is 19.1. The summed E-state index contributed by atoms with van der Waals surface area (Å²) < 4.78 is 5.84. The van der Waals surface area contributed by atoms with E-state index in [1.54, 1.807) is 6.08 Å². The van der Waals surface area contributed by atoms with E-state index >= 15 is 0 Å². The maximum Gasteiger partial charge on any atom is 0.234 e. The van der Waals surface area contributed by atoms with Crippen molar-refractivity contribution in [1.82, 2.24) is 10.2 Å². The molecule has 3 aromatic carbocycles. The first-order valence-corrected chi connectivity index (χ1v) is 11.7. The molecule has 1 aliphatic heterocycles. The zero-order valence-electron chi connectivity index (χ0n) is 19.1. The number of carbonyl (C=O) groups excluding carboxylic acids is 1. The van der Waals surface area contributed by atoms with Crippen LogP contribution in [0.4, 0.5) is 0 Å². The number of hydrogen-bond acceptors (Lipinski definition) is 3. The Morgan fingerprint density at radius 1 is 1.00 bits per heavy atom. The molecule has 1 N–H and O–H groups in total. The van der Waals surface area contributed by atoms with Crippen molar-refractivity contribution >= 4 is 5.91 Å². The average Bonchev–Trinajstić information content (AvgIpc) is 2.86. The van der Waals surface area contributed by atoms with Crippen LogP contribution in [0.5, 0.6) is 5.75 Å². The molecule has 1 aliphatic rings. The highest BCUT2D eigenvalue weighted by Gasteiger charge is 2.21. The van der Waals surface area contributed by atoms with Gasteiger partial charge in [0.2, 0.25) is 5.91 Å². The van der Waals surface area contributed by atoms with Gasteiger partial charge in [-0.2, -0.15) is 0 Å². The van der Waals surface area contributed by atoms with E-state index in [0.717, 1.165) is 31.7 Å². The molecule has 0 bridgehead atoms. The summed E-state index contributed by atoms with van der Waals surface area (Å²) in [5, 5.41) is 3.15. The molecule has 0 aliphatic carbocycles. The summed E-state index contributed by atoms with van der Waals surface area (Å²) in [6.45, 7) is 6.87. The highest BCUT2D eigenvalue weighted by molar-refractivity contribution is 5.78. The van der Waals surface area contributed by atoms with Crippen LogP contribution in [0.15, 0.2) is 91.5 Å². The van der Waals surface area contributed by atoms with Gasteiger partial charge in [0.15, 0.2) is 0 Å². The maximum atomic E-state index is 12.7. The van der Waals surface area contributed by atoms with Crippen LogP contribution < -0.4 is 10.1 Å². The van der Waals surface area contributed by atoms with Crippen molar-refractivity contribution in [3.05, 3.63) is 114 Å². The van der Waals surface area contributed by atoms with Crippen molar-refractivity contribution in [2.24, 2.45) is 0 Å². The minimum Gasteiger partial charge on any atom is -0.489 e. The van der Waals surface area contributed by atoms with E-state index in [4.69, 9.17) is 4.74 Å². The van der Waals surface area contributed by atoms with Gasteiger partial charge in [0.1, 0.15) is 12.4 Å². The number of fused-ring (bicyclic) bond motifs is 1. The normalized spacial score (nSPS) is 13.4. The molecule has 170 valence electrons. The van der Waals surface area contributed by atoms with E-state index < -0.39 is 0 Å². The molecule has 0 fully saturated rings. The predicted octanol–water partition coefficient (Wildman–Crippen LogP) is 4.95. The Balaban J connectivity index is 1.33. The Morgan fingerprint density at radius 3 is 2.36 bits per heavy atom. The number of nitrogens with one attached hydrogen (secondary N) is 1. The fourth-order valence-electron chi connectivity index (χ4n) is 4.54. The quantitative estimate of drug-likeness (QED) is 0.454. The molecular formula is C29H32N2O2. The summed E-state index contributed by atoms with van der Waals surface area (Å²) in [7, 11) is 0. The smallest absolute Gasteiger partial charge is 0.234 e. The Morgan fingerprint density at radius 2 is 1.70 bits per heavy atom. The number of hydrogen-bond donors (Lipinski definition) is 1. The molecule has 0 saturated carbocycles. The van der Waals surface area contributed by atoms with Gasteiger partial charge in [-0.25, -0.2) is 0 Å². The highest BCUT2D eigenvalue weighted by atomic mass is 16.5. The van der Waals surface area contributed by atoms with Crippen molar-refractivity contribution in [2.45, 2.75) is 25.3 Å². The van der Waals surface area contributed by atoms with Crippen LogP contribution in [0.3, 0.4) is 0 Å². The van der Waals surface area contributed by atoms with E-state index in [-0.39, 0.29) is 11.8 Å². The Hall–Kier alpha value is -3.37. The second-order valence-electron chi connectivity index (χ2n) is 8.47. The van der Waals surface area contributed by atoms with Gasteiger partial charge in [0.25, 0.3) is 0 Å². The number of rotatable bonds is 10. The summed E-state index contributed by atoms with van der Waals surface area (Å²) in [6.07, 6.45) is 3.55. The van der Waals surface area contributed by atoms with E-state index in [0.29, 0.717) is 19.7 Å². The standard InChI is InChI=1S/C29H32N2O2/c1-2-20-33-28-15-9-14-25-17-19-31(21-27(25)28)22-29(32)30-18-16-26(23-10-5-3-6-11-23)24-12-7-4-8-13-24/h2-15,26H,1,16-22H2,(H,30,32).